The van der Waals surface area contributed by atoms with Crippen LogP contribution in [-0.4, -0.2) is 35.2 Å². The molecule has 7 nitrogen and oxygen atoms in total. The number of benzene rings is 2. The summed E-state index contributed by atoms with van der Waals surface area (Å²) in [5.41, 5.74) is 1.41. The van der Waals surface area contributed by atoms with Crippen molar-refractivity contribution in [1.82, 2.24) is 4.90 Å². The number of anilines is 1. The summed E-state index contributed by atoms with van der Waals surface area (Å²) >= 11 is 3.45. The molecule has 2 aromatic rings. The number of halogens is 1. The van der Waals surface area contributed by atoms with Gasteiger partial charge in [0.05, 0.1) is 22.6 Å². The average Bonchev–Trinajstić information content (AvgIpc) is 3.08. The van der Waals surface area contributed by atoms with E-state index in [4.69, 9.17) is 0 Å². The maximum absolute atomic E-state index is 13.0. The summed E-state index contributed by atoms with van der Waals surface area (Å²) in [6.45, 7) is 2.13. The van der Waals surface area contributed by atoms with Gasteiger partial charge < -0.3 is 9.80 Å². The second-order valence-corrected chi connectivity index (χ2v) is 7.69. The van der Waals surface area contributed by atoms with E-state index < -0.39 is 10.8 Å². The Morgan fingerprint density at radius 2 is 2.00 bits per heavy atom. The first-order valence-electron chi connectivity index (χ1n) is 8.85. The SMILES string of the molecule is C[C@@H](c1cccc([N+](=O)[O-])c1)N(C)C(=O)[C@H]1CC(=O)N(c2ccccc2Br)C1. The Balaban J connectivity index is 1.75. The summed E-state index contributed by atoms with van der Waals surface area (Å²) in [7, 11) is 1.66. The van der Waals surface area contributed by atoms with Crippen molar-refractivity contribution < 1.29 is 14.5 Å². The van der Waals surface area contributed by atoms with Crippen LogP contribution in [0.15, 0.2) is 53.0 Å². The molecule has 8 heteroatoms. The smallest absolute Gasteiger partial charge is 0.269 e. The van der Waals surface area contributed by atoms with Crippen LogP contribution in [0.4, 0.5) is 11.4 Å². The molecule has 1 aliphatic heterocycles. The molecule has 0 saturated carbocycles. The summed E-state index contributed by atoms with van der Waals surface area (Å²) in [6.07, 6.45) is 0.145. The molecule has 0 aliphatic carbocycles. The first-order valence-corrected chi connectivity index (χ1v) is 9.64. The van der Waals surface area contributed by atoms with Gasteiger partial charge in [0.25, 0.3) is 5.69 Å². The second-order valence-electron chi connectivity index (χ2n) is 6.83. The summed E-state index contributed by atoms with van der Waals surface area (Å²) in [4.78, 5) is 39.2. The molecule has 1 fully saturated rings. The molecule has 0 N–H and O–H groups in total. The van der Waals surface area contributed by atoms with Crippen LogP contribution in [0.1, 0.15) is 24.9 Å². The number of rotatable bonds is 5. The van der Waals surface area contributed by atoms with Gasteiger partial charge in [0.15, 0.2) is 0 Å². The highest BCUT2D eigenvalue weighted by atomic mass is 79.9. The monoisotopic (exact) mass is 445 g/mol. The lowest BCUT2D eigenvalue weighted by atomic mass is 10.0. The van der Waals surface area contributed by atoms with E-state index in [9.17, 15) is 19.7 Å². The molecule has 1 saturated heterocycles. The summed E-state index contributed by atoms with van der Waals surface area (Å²) in [6, 6.07) is 13.3. The highest BCUT2D eigenvalue weighted by Crippen LogP contribution is 2.33. The van der Waals surface area contributed by atoms with E-state index in [0.717, 1.165) is 10.2 Å². The van der Waals surface area contributed by atoms with Crippen molar-refractivity contribution in [3.05, 3.63) is 68.7 Å². The first-order chi connectivity index (χ1) is 13.3. The molecule has 2 atom stereocenters. The minimum absolute atomic E-state index is 0.0126. The topological polar surface area (TPSA) is 83.8 Å². The van der Waals surface area contributed by atoms with Gasteiger partial charge in [-0.2, -0.15) is 0 Å². The number of hydrogen-bond donors (Lipinski definition) is 0. The van der Waals surface area contributed by atoms with Crippen LogP contribution in [0.2, 0.25) is 0 Å². The van der Waals surface area contributed by atoms with E-state index in [-0.39, 0.29) is 30.0 Å². The minimum atomic E-state index is -0.455. The van der Waals surface area contributed by atoms with Crippen LogP contribution < -0.4 is 4.90 Å². The Hall–Kier alpha value is -2.74. The summed E-state index contributed by atoms with van der Waals surface area (Å²) in [5, 5.41) is 11.0. The molecule has 0 bridgehead atoms. The van der Waals surface area contributed by atoms with Crippen LogP contribution in [0, 0.1) is 16.0 Å². The third-order valence-electron chi connectivity index (χ3n) is 5.11. The predicted molar refractivity (Wildman–Crippen MR) is 109 cm³/mol. The molecule has 1 heterocycles. The molecule has 146 valence electrons. The largest absolute Gasteiger partial charge is 0.339 e. The highest BCUT2D eigenvalue weighted by Gasteiger charge is 2.38. The Bertz CT molecular complexity index is 933. The molecule has 0 spiro atoms. The summed E-state index contributed by atoms with van der Waals surface area (Å²) in [5.74, 6) is -0.700. The maximum Gasteiger partial charge on any atom is 0.269 e. The van der Waals surface area contributed by atoms with Crippen LogP contribution in [-0.2, 0) is 9.59 Å². The van der Waals surface area contributed by atoms with E-state index >= 15 is 0 Å². The summed E-state index contributed by atoms with van der Waals surface area (Å²) < 4.78 is 0.801. The molecule has 28 heavy (non-hydrogen) atoms. The highest BCUT2D eigenvalue weighted by molar-refractivity contribution is 9.10. The van der Waals surface area contributed by atoms with Gasteiger partial charge in [0.1, 0.15) is 0 Å². The quantitative estimate of drug-likeness (QED) is 0.515. The van der Waals surface area contributed by atoms with Gasteiger partial charge in [-0.05, 0) is 40.5 Å². The predicted octanol–water partition coefficient (Wildman–Crippen LogP) is 3.93. The van der Waals surface area contributed by atoms with Gasteiger partial charge in [0, 0.05) is 36.6 Å². The molecule has 2 amide bonds. The van der Waals surface area contributed by atoms with Crippen molar-refractivity contribution in [3.63, 3.8) is 0 Å². The van der Waals surface area contributed by atoms with Gasteiger partial charge in [-0.25, -0.2) is 0 Å². The van der Waals surface area contributed by atoms with Crippen LogP contribution >= 0.6 is 15.9 Å². The van der Waals surface area contributed by atoms with E-state index in [1.165, 1.54) is 12.1 Å². The molecule has 0 aromatic heterocycles. The van der Waals surface area contributed by atoms with E-state index in [2.05, 4.69) is 15.9 Å². The third-order valence-corrected chi connectivity index (χ3v) is 5.78. The molecule has 0 radical (unpaired) electrons. The Kier molecular flexibility index (Phi) is 5.79. The Labute approximate surface area is 171 Å². The number of hydrogen-bond acceptors (Lipinski definition) is 4. The number of nitrogens with zero attached hydrogens (tertiary/aromatic N) is 3. The van der Waals surface area contributed by atoms with Gasteiger partial charge >= 0.3 is 0 Å². The van der Waals surface area contributed by atoms with Crippen molar-refractivity contribution in [2.24, 2.45) is 5.92 Å². The number of nitro benzene ring substituents is 1. The molecule has 0 unspecified atom stereocenters. The molecular weight excluding hydrogens is 426 g/mol. The van der Waals surface area contributed by atoms with Gasteiger partial charge in [-0.1, -0.05) is 24.3 Å². The Morgan fingerprint density at radius 1 is 1.29 bits per heavy atom. The molecule has 3 rings (SSSR count). The average molecular weight is 446 g/mol. The van der Waals surface area contributed by atoms with Crippen molar-refractivity contribution in [2.75, 3.05) is 18.5 Å². The first kappa shape index (κ1) is 20.0. The van der Waals surface area contributed by atoms with Crippen molar-refractivity contribution >= 4 is 39.1 Å². The Morgan fingerprint density at radius 3 is 2.68 bits per heavy atom. The fraction of sp³-hybridized carbons (Fsp3) is 0.300. The van der Waals surface area contributed by atoms with Crippen molar-refractivity contribution in [1.29, 1.82) is 0 Å². The standard InChI is InChI=1S/C20H20BrN3O4/c1-13(14-6-5-7-16(10-14)24(27)28)22(2)20(26)15-11-19(25)23(12-15)18-9-4-3-8-17(18)21/h3-10,13,15H,11-12H2,1-2H3/t13-,15-/m0/s1. The lowest BCUT2D eigenvalue weighted by Gasteiger charge is -2.28. The number of nitro groups is 1. The number of carbonyl (C=O) groups is 2. The number of para-hydroxylation sites is 1. The fourth-order valence-corrected chi connectivity index (χ4v) is 3.88. The lowest BCUT2D eigenvalue weighted by molar-refractivity contribution is -0.384. The van der Waals surface area contributed by atoms with Crippen LogP contribution in [0.25, 0.3) is 0 Å². The number of carbonyl (C=O) groups excluding carboxylic acids is 2. The lowest BCUT2D eigenvalue weighted by Crippen LogP contribution is -2.36. The van der Waals surface area contributed by atoms with Crippen LogP contribution in [0.3, 0.4) is 0 Å². The minimum Gasteiger partial charge on any atom is -0.339 e. The zero-order valence-corrected chi connectivity index (χ0v) is 17.1. The number of amides is 2. The fourth-order valence-electron chi connectivity index (χ4n) is 3.38. The zero-order valence-electron chi connectivity index (χ0n) is 15.5. The third kappa shape index (κ3) is 3.91. The zero-order chi connectivity index (χ0) is 20.4. The second kappa shape index (κ2) is 8.10. The van der Waals surface area contributed by atoms with Gasteiger partial charge in [0.2, 0.25) is 11.8 Å². The van der Waals surface area contributed by atoms with E-state index in [1.807, 2.05) is 31.2 Å². The number of non-ortho nitro benzene ring substituents is 1. The van der Waals surface area contributed by atoms with E-state index in [0.29, 0.717) is 12.1 Å². The maximum atomic E-state index is 13.0. The molecule has 1 aliphatic rings. The molecular formula is C20H20BrN3O4. The van der Waals surface area contributed by atoms with Crippen molar-refractivity contribution in [3.8, 4) is 0 Å². The van der Waals surface area contributed by atoms with Crippen LogP contribution in [0.5, 0.6) is 0 Å². The van der Waals surface area contributed by atoms with Crippen molar-refractivity contribution in [2.45, 2.75) is 19.4 Å². The van der Waals surface area contributed by atoms with Gasteiger partial charge in [-0.3, -0.25) is 19.7 Å². The molecule has 2 aromatic carbocycles. The van der Waals surface area contributed by atoms with E-state index in [1.54, 1.807) is 29.0 Å². The normalized spacial score (nSPS) is 17.5. The van der Waals surface area contributed by atoms with Gasteiger partial charge in [-0.15, -0.1) is 0 Å².